The standard InChI is InChI=1S/C11H12F3N/c1-2-4-10(15)8-5-3-6-9(7-8)11(12,13)14/h3,5-7,15H,2,4H2,1H3. The monoisotopic (exact) mass is 215 g/mol. The molecule has 1 N–H and O–H groups in total. The Balaban J connectivity index is 2.98. The van der Waals surface area contributed by atoms with E-state index >= 15 is 0 Å². The van der Waals surface area contributed by atoms with Gasteiger partial charge in [-0.15, -0.1) is 0 Å². The van der Waals surface area contributed by atoms with Crippen molar-refractivity contribution < 1.29 is 13.2 Å². The Morgan fingerprint density at radius 1 is 1.33 bits per heavy atom. The highest BCUT2D eigenvalue weighted by atomic mass is 19.4. The number of nitrogens with one attached hydrogen (secondary N) is 1. The van der Waals surface area contributed by atoms with Gasteiger partial charge in [0.25, 0.3) is 0 Å². The highest BCUT2D eigenvalue weighted by Crippen LogP contribution is 2.29. The van der Waals surface area contributed by atoms with Crippen molar-refractivity contribution in [2.45, 2.75) is 25.9 Å². The van der Waals surface area contributed by atoms with E-state index < -0.39 is 11.7 Å². The van der Waals surface area contributed by atoms with Crippen LogP contribution in [-0.4, -0.2) is 5.71 Å². The maximum absolute atomic E-state index is 12.3. The fourth-order valence-electron chi connectivity index (χ4n) is 1.28. The molecule has 0 bridgehead atoms. The average molecular weight is 215 g/mol. The zero-order valence-corrected chi connectivity index (χ0v) is 8.36. The summed E-state index contributed by atoms with van der Waals surface area (Å²) in [7, 11) is 0. The Morgan fingerprint density at radius 2 is 2.00 bits per heavy atom. The van der Waals surface area contributed by atoms with Crippen molar-refractivity contribution in [1.29, 1.82) is 5.41 Å². The van der Waals surface area contributed by atoms with Gasteiger partial charge in [-0.2, -0.15) is 13.2 Å². The van der Waals surface area contributed by atoms with Crippen LogP contribution in [0.25, 0.3) is 0 Å². The summed E-state index contributed by atoms with van der Waals surface area (Å²) in [6.45, 7) is 1.89. The summed E-state index contributed by atoms with van der Waals surface area (Å²) in [4.78, 5) is 0. The van der Waals surface area contributed by atoms with Gasteiger partial charge in [0.15, 0.2) is 0 Å². The molecule has 1 nitrogen and oxygen atoms in total. The van der Waals surface area contributed by atoms with Crippen molar-refractivity contribution >= 4 is 5.71 Å². The lowest BCUT2D eigenvalue weighted by atomic mass is 10.0. The first-order valence-electron chi connectivity index (χ1n) is 4.70. The van der Waals surface area contributed by atoms with Crippen molar-refractivity contribution in [2.24, 2.45) is 0 Å². The van der Waals surface area contributed by atoms with Crippen LogP contribution in [0.4, 0.5) is 13.2 Å². The molecule has 15 heavy (non-hydrogen) atoms. The van der Waals surface area contributed by atoms with Gasteiger partial charge in [-0.3, -0.25) is 0 Å². The number of hydrogen-bond donors (Lipinski definition) is 1. The van der Waals surface area contributed by atoms with Crippen LogP contribution in [0.5, 0.6) is 0 Å². The average Bonchev–Trinajstić information content (AvgIpc) is 2.17. The lowest BCUT2D eigenvalue weighted by Gasteiger charge is -2.08. The third kappa shape index (κ3) is 3.08. The summed E-state index contributed by atoms with van der Waals surface area (Å²) in [6, 6.07) is 4.91. The van der Waals surface area contributed by atoms with Crippen molar-refractivity contribution in [3.8, 4) is 0 Å². The molecule has 0 aliphatic heterocycles. The molecular formula is C11H12F3N. The minimum Gasteiger partial charge on any atom is -0.305 e. The van der Waals surface area contributed by atoms with Gasteiger partial charge in [0.2, 0.25) is 0 Å². The molecule has 0 aliphatic carbocycles. The maximum Gasteiger partial charge on any atom is 0.416 e. The van der Waals surface area contributed by atoms with Crippen LogP contribution in [0.2, 0.25) is 0 Å². The van der Waals surface area contributed by atoms with E-state index in [1.54, 1.807) is 0 Å². The van der Waals surface area contributed by atoms with E-state index in [0.29, 0.717) is 12.0 Å². The van der Waals surface area contributed by atoms with Crippen LogP contribution in [0.1, 0.15) is 30.9 Å². The Morgan fingerprint density at radius 3 is 2.53 bits per heavy atom. The van der Waals surface area contributed by atoms with Gasteiger partial charge >= 0.3 is 6.18 Å². The second-order valence-corrected chi connectivity index (χ2v) is 3.31. The number of halogens is 3. The zero-order valence-electron chi connectivity index (χ0n) is 8.36. The number of benzene rings is 1. The molecule has 0 heterocycles. The molecule has 0 fully saturated rings. The van der Waals surface area contributed by atoms with Crippen molar-refractivity contribution in [2.75, 3.05) is 0 Å². The van der Waals surface area contributed by atoms with Gasteiger partial charge in [-0.1, -0.05) is 25.5 Å². The normalized spacial score (nSPS) is 11.5. The number of rotatable bonds is 3. The van der Waals surface area contributed by atoms with E-state index in [2.05, 4.69) is 0 Å². The molecule has 1 rings (SSSR count). The SMILES string of the molecule is CCCC(=N)c1cccc(C(F)(F)F)c1. The van der Waals surface area contributed by atoms with Crippen LogP contribution >= 0.6 is 0 Å². The minimum atomic E-state index is -4.33. The van der Waals surface area contributed by atoms with Crippen molar-refractivity contribution in [3.05, 3.63) is 35.4 Å². The lowest BCUT2D eigenvalue weighted by molar-refractivity contribution is -0.137. The second kappa shape index (κ2) is 4.47. The third-order valence-corrected chi connectivity index (χ3v) is 2.04. The van der Waals surface area contributed by atoms with Gasteiger partial charge in [0, 0.05) is 5.71 Å². The molecule has 0 saturated carbocycles. The molecule has 82 valence electrons. The van der Waals surface area contributed by atoms with Crippen LogP contribution in [0.3, 0.4) is 0 Å². The lowest BCUT2D eigenvalue weighted by Crippen LogP contribution is -2.07. The van der Waals surface area contributed by atoms with Crippen LogP contribution in [0.15, 0.2) is 24.3 Å². The number of hydrogen-bond acceptors (Lipinski definition) is 1. The highest BCUT2D eigenvalue weighted by Gasteiger charge is 2.30. The molecule has 0 saturated heterocycles. The van der Waals surface area contributed by atoms with Gasteiger partial charge < -0.3 is 5.41 Å². The molecule has 4 heteroatoms. The first kappa shape index (κ1) is 11.8. The predicted molar refractivity (Wildman–Crippen MR) is 53.2 cm³/mol. The summed E-state index contributed by atoms with van der Waals surface area (Å²) >= 11 is 0. The molecule has 0 aliphatic rings. The first-order chi connectivity index (χ1) is 6.95. The van der Waals surface area contributed by atoms with E-state index in [9.17, 15) is 13.2 Å². The van der Waals surface area contributed by atoms with E-state index in [4.69, 9.17) is 5.41 Å². The molecule has 0 atom stereocenters. The second-order valence-electron chi connectivity index (χ2n) is 3.31. The summed E-state index contributed by atoms with van der Waals surface area (Å²) in [5.74, 6) is 0. The van der Waals surface area contributed by atoms with Crippen molar-refractivity contribution in [3.63, 3.8) is 0 Å². The molecule has 0 radical (unpaired) electrons. The van der Waals surface area contributed by atoms with Gasteiger partial charge in [0.1, 0.15) is 0 Å². The largest absolute Gasteiger partial charge is 0.416 e. The molecule has 0 spiro atoms. The Labute approximate surface area is 86.4 Å². The molecule has 0 aromatic heterocycles. The van der Waals surface area contributed by atoms with Crippen LogP contribution in [0, 0.1) is 5.41 Å². The highest BCUT2D eigenvalue weighted by molar-refractivity contribution is 5.98. The quantitative estimate of drug-likeness (QED) is 0.740. The number of alkyl halides is 3. The zero-order chi connectivity index (χ0) is 11.5. The third-order valence-electron chi connectivity index (χ3n) is 2.04. The Bertz CT molecular complexity index is 355. The summed E-state index contributed by atoms with van der Waals surface area (Å²) in [6.07, 6.45) is -3.07. The predicted octanol–water partition coefficient (Wildman–Crippen LogP) is 3.87. The van der Waals surface area contributed by atoms with E-state index in [-0.39, 0.29) is 5.71 Å². The topological polar surface area (TPSA) is 23.9 Å². The summed E-state index contributed by atoms with van der Waals surface area (Å²) in [5.41, 5.74) is -0.0869. The van der Waals surface area contributed by atoms with E-state index in [1.165, 1.54) is 12.1 Å². The molecule has 0 unspecified atom stereocenters. The first-order valence-corrected chi connectivity index (χ1v) is 4.70. The fourth-order valence-corrected chi connectivity index (χ4v) is 1.28. The van der Waals surface area contributed by atoms with E-state index in [0.717, 1.165) is 18.6 Å². The molecular weight excluding hydrogens is 203 g/mol. The van der Waals surface area contributed by atoms with Gasteiger partial charge in [0.05, 0.1) is 5.56 Å². The summed E-state index contributed by atoms with van der Waals surface area (Å²) < 4.78 is 37.0. The molecule has 1 aromatic carbocycles. The molecule has 1 aromatic rings. The van der Waals surface area contributed by atoms with Crippen LogP contribution in [-0.2, 0) is 6.18 Å². The smallest absolute Gasteiger partial charge is 0.305 e. The maximum atomic E-state index is 12.3. The van der Waals surface area contributed by atoms with Crippen LogP contribution < -0.4 is 0 Å². The molecule has 0 amide bonds. The van der Waals surface area contributed by atoms with E-state index in [1.807, 2.05) is 6.92 Å². The van der Waals surface area contributed by atoms with Gasteiger partial charge in [-0.25, -0.2) is 0 Å². The van der Waals surface area contributed by atoms with Gasteiger partial charge in [-0.05, 0) is 24.1 Å². The fraction of sp³-hybridized carbons (Fsp3) is 0.364. The Kier molecular flexibility index (Phi) is 3.50. The minimum absolute atomic E-state index is 0.253. The van der Waals surface area contributed by atoms with Crippen molar-refractivity contribution in [1.82, 2.24) is 0 Å². The summed E-state index contributed by atoms with van der Waals surface area (Å²) in [5, 5.41) is 7.56. The Hall–Kier alpha value is -1.32.